The smallest absolute Gasteiger partial charge is 0.326 e. The molecule has 0 spiro atoms. The molecule has 114 valence electrons. The third-order valence-corrected chi connectivity index (χ3v) is 5.71. The van der Waals surface area contributed by atoms with Crippen molar-refractivity contribution in [3.05, 3.63) is 0 Å². The molecule has 0 aromatic rings. The summed E-state index contributed by atoms with van der Waals surface area (Å²) in [6.45, 7) is 3.48. The highest BCUT2D eigenvalue weighted by atomic mass is 16.5. The molecule has 4 unspecified atom stereocenters. The summed E-state index contributed by atoms with van der Waals surface area (Å²) in [5.41, 5.74) is 5.59. The lowest BCUT2D eigenvalue weighted by Gasteiger charge is -2.42. The van der Waals surface area contributed by atoms with Crippen molar-refractivity contribution >= 4 is 5.97 Å². The third kappa shape index (κ3) is 2.48. The molecule has 4 nitrogen and oxygen atoms in total. The number of nitrogens with zero attached hydrogens (tertiary/aromatic N) is 1. The number of piperidine rings is 1. The van der Waals surface area contributed by atoms with Gasteiger partial charge >= 0.3 is 5.97 Å². The van der Waals surface area contributed by atoms with Crippen LogP contribution in [-0.4, -0.2) is 41.6 Å². The molecule has 2 saturated carbocycles. The summed E-state index contributed by atoms with van der Waals surface area (Å²) < 4.78 is 5.17. The van der Waals surface area contributed by atoms with Crippen LogP contribution in [0.1, 0.15) is 58.3 Å². The van der Waals surface area contributed by atoms with Gasteiger partial charge in [-0.15, -0.1) is 0 Å². The Morgan fingerprint density at radius 3 is 2.90 bits per heavy atom. The lowest BCUT2D eigenvalue weighted by atomic mass is 9.90. The van der Waals surface area contributed by atoms with Gasteiger partial charge in [0.05, 0.1) is 6.61 Å². The van der Waals surface area contributed by atoms with Crippen LogP contribution in [0.15, 0.2) is 0 Å². The molecule has 2 N–H and O–H groups in total. The van der Waals surface area contributed by atoms with Crippen LogP contribution in [0.4, 0.5) is 0 Å². The fraction of sp³-hybridized carbons (Fsp3) is 0.938. The lowest BCUT2D eigenvalue weighted by Crippen LogP contribution is -2.51. The SMILES string of the molecule is CCOC(=O)C1(N)CCC(N2CCCC3CCCC32)C1. The van der Waals surface area contributed by atoms with E-state index in [1.165, 1.54) is 38.6 Å². The van der Waals surface area contributed by atoms with Gasteiger partial charge in [-0.05, 0) is 64.3 Å². The monoisotopic (exact) mass is 280 g/mol. The zero-order valence-corrected chi connectivity index (χ0v) is 12.6. The number of carbonyl (C=O) groups is 1. The minimum atomic E-state index is -0.730. The average molecular weight is 280 g/mol. The number of hydrogen-bond acceptors (Lipinski definition) is 4. The summed E-state index contributed by atoms with van der Waals surface area (Å²) in [7, 11) is 0. The maximum Gasteiger partial charge on any atom is 0.326 e. The second-order valence-electron chi connectivity index (χ2n) is 6.91. The summed E-state index contributed by atoms with van der Waals surface area (Å²) in [6.07, 6.45) is 9.47. The summed E-state index contributed by atoms with van der Waals surface area (Å²) in [5.74, 6) is 0.710. The topological polar surface area (TPSA) is 55.6 Å². The van der Waals surface area contributed by atoms with Crippen molar-refractivity contribution in [1.82, 2.24) is 4.90 Å². The average Bonchev–Trinajstić information content (AvgIpc) is 3.05. The summed E-state index contributed by atoms with van der Waals surface area (Å²) in [4.78, 5) is 14.7. The fourth-order valence-corrected chi connectivity index (χ4v) is 4.74. The lowest BCUT2D eigenvalue weighted by molar-refractivity contribution is -0.149. The van der Waals surface area contributed by atoms with E-state index in [9.17, 15) is 4.79 Å². The molecular weight excluding hydrogens is 252 g/mol. The van der Waals surface area contributed by atoms with Gasteiger partial charge in [-0.2, -0.15) is 0 Å². The highest BCUT2D eigenvalue weighted by Crippen LogP contribution is 2.42. The van der Waals surface area contributed by atoms with Crippen LogP contribution in [-0.2, 0) is 9.53 Å². The van der Waals surface area contributed by atoms with Crippen LogP contribution in [0.3, 0.4) is 0 Å². The number of hydrogen-bond donors (Lipinski definition) is 1. The van der Waals surface area contributed by atoms with Gasteiger partial charge in [0.25, 0.3) is 0 Å². The van der Waals surface area contributed by atoms with E-state index in [2.05, 4.69) is 4.90 Å². The Labute approximate surface area is 122 Å². The molecule has 0 radical (unpaired) electrons. The van der Waals surface area contributed by atoms with E-state index >= 15 is 0 Å². The maximum atomic E-state index is 12.1. The van der Waals surface area contributed by atoms with E-state index in [4.69, 9.17) is 10.5 Å². The van der Waals surface area contributed by atoms with Crippen molar-refractivity contribution in [2.45, 2.75) is 75.9 Å². The fourth-order valence-electron chi connectivity index (χ4n) is 4.74. The standard InChI is InChI=1S/C16H28N2O2/c1-2-20-15(19)16(17)9-8-13(11-16)18-10-4-6-12-5-3-7-14(12)18/h12-14H,2-11,17H2,1H3. The van der Waals surface area contributed by atoms with Crippen molar-refractivity contribution in [1.29, 1.82) is 0 Å². The number of rotatable bonds is 3. The molecule has 0 amide bonds. The zero-order chi connectivity index (χ0) is 14.2. The minimum absolute atomic E-state index is 0.192. The number of likely N-dealkylation sites (tertiary alicyclic amines) is 1. The molecule has 1 heterocycles. The first-order valence-corrected chi connectivity index (χ1v) is 8.36. The summed E-state index contributed by atoms with van der Waals surface area (Å²) >= 11 is 0. The van der Waals surface area contributed by atoms with E-state index in [-0.39, 0.29) is 5.97 Å². The van der Waals surface area contributed by atoms with Gasteiger partial charge in [-0.3, -0.25) is 9.69 Å². The van der Waals surface area contributed by atoms with Crippen molar-refractivity contribution in [2.75, 3.05) is 13.2 Å². The molecule has 0 aromatic carbocycles. The highest BCUT2D eigenvalue weighted by Gasteiger charge is 2.48. The second kappa shape index (κ2) is 5.64. The first-order valence-electron chi connectivity index (χ1n) is 8.36. The van der Waals surface area contributed by atoms with Gasteiger partial charge in [-0.25, -0.2) is 0 Å². The normalized spacial score (nSPS) is 41.6. The van der Waals surface area contributed by atoms with Gasteiger partial charge < -0.3 is 10.5 Å². The van der Waals surface area contributed by atoms with Gasteiger partial charge in [-0.1, -0.05) is 6.42 Å². The molecule has 3 rings (SSSR count). The molecule has 4 heteroatoms. The minimum Gasteiger partial charge on any atom is -0.465 e. The summed E-state index contributed by atoms with van der Waals surface area (Å²) in [5, 5.41) is 0. The quantitative estimate of drug-likeness (QED) is 0.804. The molecule has 3 fully saturated rings. The van der Waals surface area contributed by atoms with Crippen LogP contribution < -0.4 is 5.73 Å². The van der Waals surface area contributed by atoms with Crippen molar-refractivity contribution in [3.8, 4) is 0 Å². The van der Waals surface area contributed by atoms with Crippen LogP contribution in [0, 0.1) is 5.92 Å². The van der Waals surface area contributed by atoms with Crippen molar-refractivity contribution < 1.29 is 9.53 Å². The Hall–Kier alpha value is -0.610. The highest BCUT2D eigenvalue weighted by molar-refractivity contribution is 5.81. The maximum absolute atomic E-state index is 12.1. The molecule has 0 bridgehead atoms. The Morgan fingerprint density at radius 2 is 2.10 bits per heavy atom. The van der Waals surface area contributed by atoms with E-state index in [1.807, 2.05) is 6.92 Å². The van der Waals surface area contributed by atoms with E-state index < -0.39 is 5.54 Å². The number of ether oxygens (including phenoxy) is 1. The zero-order valence-electron chi connectivity index (χ0n) is 12.6. The Balaban J connectivity index is 1.65. The van der Waals surface area contributed by atoms with E-state index in [0.29, 0.717) is 12.6 Å². The molecule has 1 saturated heterocycles. The van der Waals surface area contributed by atoms with E-state index in [0.717, 1.165) is 31.2 Å². The van der Waals surface area contributed by atoms with Crippen LogP contribution in [0.2, 0.25) is 0 Å². The first-order chi connectivity index (χ1) is 9.64. The largest absolute Gasteiger partial charge is 0.465 e. The van der Waals surface area contributed by atoms with Gasteiger partial charge in [0.2, 0.25) is 0 Å². The Morgan fingerprint density at radius 1 is 1.30 bits per heavy atom. The number of carbonyl (C=O) groups excluding carboxylic acids is 1. The molecule has 0 aromatic heterocycles. The second-order valence-corrected chi connectivity index (χ2v) is 6.91. The number of esters is 1. The predicted octanol–water partition coefficient (Wildman–Crippen LogP) is 2.06. The number of fused-ring (bicyclic) bond motifs is 1. The number of nitrogens with two attached hydrogens (primary N) is 1. The van der Waals surface area contributed by atoms with Crippen molar-refractivity contribution in [2.24, 2.45) is 11.7 Å². The van der Waals surface area contributed by atoms with E-state index in [1.54, 1.807) is 0 Å². The van der Waals surface area contributed by atoms with Crippen LogP contribution in [0.25, 0.3) is 0 Å². The van der Waals surface area contributed by atoms with Gasteiger partial charge in [0.15, 0.2) is 0 Å². The first kappa shape index (κ1) is 14.3. The molecule has 3 aliphatic rings. The molecule has 20 heavy (non-hydrogen) atoms. The Kier molecular flexibility index (Phi) is 4.04. The Bertz CT molecular complexity index is 373. The molecular formula is C16H28N2O2. The van der Waals surface area contributed by atoms with Crippen LogP contribution in [0.5, 0.6) is 0 Å². The van der Waals surface area contributed by atoms with Gasteiger partial charge in [0, 0.05) is 12.1 Å². The van der Waals surface area contributed by atoms with Crippen LogP contribution >= 0.6 is 0 Å². The summed E-state index contributed by atoms with van der Waals surface area (Å²) in [6, 6.07) is 1.26. The predicted molar refractivity (Wildman–Crippen MR) is 78.3 cm³/mol. The van der Waals surface area contributed by atoms with Gasteiger partial charge in [0.1, 0.15) is 5.54 Å². The molecule has 1 aliphatic heterocycles. The third-order valence-electron chi connectivity index (χ3n) is 5.71. The van der Waals surface area contributed by atoms with Crippen molar-refractivity contribution in [3.63, 3.8) is 0 Å². The molecule has 4 atom stereocenters. The molecule has 2 aliphatic carbocycles.